The van der Waals surface area contributed by atoms with Crippen LogP contribution in [0.4, 0.5) is 0 Å². The Morgan fingerprint density at radius 1 is 0.542 bits per heavy atom. The Labute approximate surface area is 148 Å². The van der Waals surface area contributed by atoms with Gasteiger partial charge in [0.1, 0.15) is 0 Å². The summed E-state index contributed by atoms with van der Waals surface area (Å²) in [4.78, 5) is 0. The summed E-state index contributed by atoms with van der Waals surface area (Å²) < 4.78 is 10.8. The molecule has 0 aromatic carbocycles. The van der Waals surface area contributed by atoms with Crippen molar-refractivity contribution in [3.05, 3.63) is 0 Å². The van der Waals surface area contributed by atoms with Gasteiger partial charge in [-0.25, -0.2) is 0 Å². The van der Waals surface area contributed by atoms with Crippen LogP contribution in [-0.2, 0) is 9.47 Å². The van der Waals surface area contributed by atoms with Crippen LogP contribution in [0.1, 0.15) is 0 Å². The summed E-state index contributed by atoms with van der Waals surface area (Å²) in [6.45, 7) is -1.05. The SMILES string of the molecule is OC[C@H]1O[C@@H]([Se][Se][C@@H]2O[C@H](CO)[C@@H](O)[C@H](O)[C@H]2O)[C@H](O)[C@@H](O)[C@@H]1O. The number of aliphatic hydroxyl groups excluding tert-OH is 8. The molecule has 10 atom stereocenters. The Bertz CT molecular complexity index is 364. The maximum atomic E-state index is 9.99. The third-order valence-corrected chi connectivity index (χ3v) is 12.0. The normalized spacial score (nSPS) is 50.0. The van der Waals surface area contributed by atoms with Crippen molar-refractivity contribution in [2.24, 2.45) is 0 Å². The Balaban J connectivity index is 1.96. The van der Waals surface area contributed by atoms with E-state index in [0.29, 0.717) is 0 Å². The van der Waals surface area contributed by atoms with Gasteiger partial charge in [-0.1, -0.05) is 0 Å². The van der Waals surface area contributed by atoms with Crippen LogP contribution in [0, 0.1) is 0 Å². The molecular weight excluding hydrogens is 462 g/mol. The van der Waals surface area contributed by atoms with Crippen molar-refractivity contribution in [1.29, 1.82) is 0 Å². The van der Waals surface area contributed by atoms with Gasteiger partial charge in [0.05, 0.1) is 0 Å². The fourth-order valence-electron chi connectivity index (χ4n) is 2.40. The quantitative estimate of drug-likeness (QED) is 0.175. The first-order valence-corrected chi connectivity index (χ1v) is 13.6. The van der Waals surface area contributed by atoms with E-state index in [0.717, 1.165) is 0 Å². The third-order valence-electron chi connectivity index (χ3n) is 3.94. The van der Waals surface area contributed by atoms with Gasteiger partial charge in [-0.15, -0.1) is 0 Å². The minimum atomic E-state index is -1.46. The standard InChI is InChI=1S/C12H22O10Se2/c13-1-3-5(15)7(17)9(19)11(21-3)23-24-12-10(20)8(18)6(16)4(2-14)22-12/h3-20H,1-2H2/t3-,4-,5-,6-,7+,8+,9-,10-,11+,12+/m1/s1. The van der Waals surface area contributed by atoms with Crippen LogP contribution in [0.25, 0.3) is 0 Å². The van der Waals surface area contributed by atoms with Gasteiger partial charge in [-0.3, -0.25) is 0 Å². The zero-order valence-corrected chi connectivity index (χ0v) is 15.8. The Morgan fingerprint density at radius 3 is 1.17 bits per heavy atom. The van der Waals surface area contributed by atoms with Gasteiger partial charge >= 0.3 is 149 Å². The number of ether oxygens (including phenoxy) is 2. The molecule has 0 unspecified atom stereocenters. The molecule has 0 spiro atoms. The molecule has 0 amide bonds. The molecule has 0 saturated carbocycles. The molecule has 2 aliphatic rings. The average Bonchev–Trinajstić information content (AvgIpc) is 2.58. The first-order chi connectivity index (χ1) is 11.3. The summed E-state index contributed by atoms with van der Waals surface area (Å²) in [6.07, 6.45) is -10.5. The number of hydrogen-bond acceptors (Lipinski definition) is 10. The molecule has 2 saturated heterocycles. The number of aliphatic hydroxyl groups is 8. The molecule has 0 aliphatic carbocycles. The second-order valence-electron chi connectivity index (χ2n) is 5.59. The fraction of sp³-hybridized carbons (Fsp3) is 1.00. The Kier molecular flexibility index (Phi) is 7.88. The fourth-order valence-corrected chi connectivity index (χ4v) is 10.7. The van der Waals surface area contributed by atoms with Crippen LogP contribution in [0.3, 0.4) is 0 Å². The molecule has 0 aromatic rings. The second kappa shape index (κ2) is 9.03. The molecule has 0 aromatic heterocycles. The summed E-state index contributed by atoms with van der Waals surface area (Å²) in [5.74, 6) is 0. The van der Waals surface area contributed by atoms with E-state index >= 15 is 0 Å². The molecular formula is C12H22O10Se2. The zero-order valence-electron chi connectivity index (χ0n) is 12.4. The van der Waals surface area contributed by atoms with Crippen molar-refractivity contribution in [1.82, 2.24) is 0 Å². The molecule has 24 heavy (non-hydrogen) atoms. The molecule has 142 valence electrons. The van der Waals surface area contributed by atoms with Crippen LogP contribution in [-0.4, -0.2) is 139 Å². The average molecular weight is 484 g/mol. The van der Waals surface area contributed by atoms with Gasteiger partial charge < -0.3 is 0 Å². The summed E-state index contributed by atoms with van der Waals surface area (Å²) in [7, 11) is 0. The van der Waals surface area contributed by atoms with E-state index < -0.39 is 98.3 Å². The van der Waals surface area contributed by atoms with Crippen molar-refractivity contribution >= 4 is 26.3 Å². The van der Waals surface area contributed by atoms with E-state index in [4.69, 9.17) is 19.7 Å². The van der Waals surface area contributed by atoms with Crippen LogP contribution in [0.15, 0.2) is 0 Å². The molecule has 0 bridgehead atoms. The van der Waals surface area contributed by atoms with Crippen molar-refractivity contribution in [2.75, 3.05) is 13.2 Å². The molecule has 8 N–H and O–H groups in total. The van der Waals surface area contributed by atoms with E-state index in [1.54, 1.807) is 0 Å². The van der Waals surface area contributed by atoms with Gasteiger partial charge in [0.25, 0.3) is 0 Å². The van der Waals surface area contributed by atoms with Crippen LogP contribution in [0.2, 0.25) is 0 Å². The molecule has 12 heteroatoms. The number of hydrogen-bond donors (Lipinski definition) is 8. The van der Waals surface area contributed by atoms with E-state index in [2.05, 4.69) is 0 Å². The van der Waals surface area contributed by atoms with Gasteiger partial charge in [0.2, 0.25) is 0 Å². The van der Waals surface area contributed by atoms with Gasteiger partial charge in [-0.2, -0.15) is 0 Å². The molecule has 10 nitrogen and oxygen atoms in total. The Hall–Kier alpha value is 0.639. The molecule has 2 heterocycles. The monoisotopic (exact) mass is 486 g/mol. The van der Waals surface area contributed by atoms with Crippen LogP contribution >= 0.6 is 0 Å². The first kappa shape index (κ1) is 20.9. The van der Waals surface area contributed by atoms with E-state index in [9.17, 15) is 30.6 Å². The summed E-state index contributed by atoms with van der Waals surface area (Å²) >= 11 is -0.983. The van der Waals surface area contributed by atoms with E-state index in [1.165, 1.54) is 0 Å². The van der Waals surface area contributed by atoms with Gasteiger partial charge in [0, 0.05) is 0 Å². The molecule has 0 radical (unpaired) electrons. The van der Waals surface area contributed by atoms with Gasteiger partial charge in [-0.05, 0) is 0 Å². The predicted octanol–water partition coefficient (Wildman–Crippen LogP) is -6.09. The van der Waals surface area contributed by atoms with Crippen molar-refractivity contribution < 1.29 is 50.3 Å². The predicted molar refractivity (Wildman–Crippen MR) is 79.0 cm³/mol. The van der Waals surface area contributed by atoms with Gasteiger partial charge in [0.15, 0.2) is 0 Å². The van der Waals surface area contributed by atoms with Crippen molar-refractivity contribution in [2.45, 2.75) is 58.8 Å². The topological polar surface area (TPSA) is 180 Å². The summed E-state index contributed by atoms with van der Waals surface area (Å²) in [5, 5.41) is 75.6. The van der Waals surface area contributed by atoms with Crippen molar-refractivity contribution in [3.63, 3.8) is 0 Å². The molecule has 2 fully saturated rings. The zero-order chi connectivity index (χ0) is 18.0. The van der Waals surface area contributed by atoms with E-state index in [-0.39, 0.29) is 0 Å². The maximum absolute atomic E-state index is 9.99. The Morgan fingerprint density at radius 2 is 0.875 bits per heavy atom. The van der Waals surface area contributed by atoms with E-state index in [1.807, 2.05) is 0 Å². The second-order valence-corrected chi connectivity index (χ2v) is 12.5. The first-order valence-electron chi connectivity index (χ1n) is 7.25. The summed E-state index contributed by atoms with van der Waals surface area (Å²) in [5.41, 5.74) is 0. The minimum absolute atomic E-state index is 0.491. The number of rotatable bonds is 5. The third kappa shape index (κ3) is 4.30. The van der Waals surface area contributed by atoms with Crippen molar-refractivity contribution in [3.8, 4) is 0 Å². The van der Waals surface area contributed by atoms with Crippen LogP contribution < -0.4 is 0 Å². The van der Waals surface area contributed by atoms with Crippen LogP contribution in [0.5, 0.6) is 0 Å². The molecule has 2 rings (SSSR count). The molecule has 2 aliphatic heterocycles. The summed E-state index contributed by atoms with van der Waals surface area (Å²) in [6, 6.07) is 0.